The third kappa shape index (κ3) is 3.16. The van der Waals surface area contributed by atoms with Gasteiger partial charge in [-0.2, -0.15) is 0 Å². The molecule has 140 valence electrons. The first-order valence-corrected chi connectivity index (χ1v) is 9.75. The van der Waals surface area contributed by atoms with E-state index < -0.39 is 0 Å². The van der Waals surface area contributed by atoms with Crippen LogP contribution in [0.4, 0.5) is 5.69 Å². The van der Waals surface area contributed by atoms with Crippen molar-refractivity contribution in [3.05, 3.63) is 88.8 Å². The molecule has 0 bridgehead atoms. The predicted octanol–water partition coefficient (Wildman–Crippen LogP) is 4.27. The molecule has 1 saturated heterocycles. The summed E-state index contributed by atoms with van der Waals surface area (Å²) >= 11 is 0. The second kappa shape index (κ2) is 7.13. The van der Waals surface area contributed by atoms with Crippen LogP contribution in [0.25, 0.3) is 21.7 Å². The minimum absolute atomic E-state index is 0.287. The van der Waals surface area contributed by atoms with E-state index in [-0.39, 0.29) is 5.63 Å². The van der Waals surface area contributed by atoms with Gasteiger partial charge in [-0.3, -0.25) is 4.90 Å². The highest BCUT2D eigenvalue weighted by molar-refractivity contribution is 6.08. The van der Waals surface area contributed by atoms with E-state index in [2.05, 4.69) is 52.3 Å². The molecular formula is C24H22N2O2. The normalized spacial score (nSPS) is 15.4. The largest absolute Gasteiger partial charge is 0.422 e. The van der Waals surface area contributed by atoms with Gasteiger partial charge < -0.3 is 9.32 Å². The molecule has 2 heterocycles. The summed E-state index contributed by atoms with van der Waals surface area (Å²) in [7, 11) is 0. The summed E-state index contributed by atoms with van der Waals surface area (Å²) in [4.78, 5) is 17.1. The summed E-state index contributed by atoms with van der Waals surface area (Å²) in [5, 5.41) is 3.08. The Labute approximate surface area is 163 Å². The summed E-state index contributed by atoms with van der Waals surface area (Å²) < 4.78 is 5.61. The quantitative estimate of drug-likeness (QED) is 0.399. The van der Waals surface area contributed by atoms with Gasteiger partial charge in [0, 0.05) is 49.6 Å². The predicted molar refractivity (Wildman–Crippen MR) is 114 cm³/mol. The van der Waals surface area contributed by atoms with Gasteiger partial charge in [0.2, 0.25) is 0 Å². The summed E-state index contributed by atoms with van der Waals surface area (Å²) in [6.07, 6.45) is 0. The fourth-order valence-electron chi connectivity index (χ4n) is 4.12. The van der Waals surface area contributed by atoms with E-state index in [9.17, 15) is 4.79 Å². The molecule has 0 radical (unpaired) electrons. The van der Waals surface area contributed by atoms with E-state index in [1.54, 1.807) is 6.07 Å². The number of hydrogen-bond acceptors (Lipinski definition) is 4. The van der Waals surface area contributed by atoms with Gasteiger partial charge in [-0.25, -0.2) is 4.79 Å². The minimum Gasteiger partial charge on any atom is -0.422 e. The summed E-state index contributed by atoms with van der Waals surface area (Å²) in [5.74, 6) is 0. The molecule has 4 aromatic rings. The number of fused-ring (bicyclic) bond motifs is 3. The van der Waals surface area contributed by atoms with Gasteiger partial charge >= 0.3 is 5.63 Å². The molecule has 0 atom stereocenters. The van der Waals surface area contributed by atoms with Crippen LogP contribution in [0.3, 0.4) is 0 Å². The summed E-state index contributed by atoms with van der Waals surface area (Å²) in [6, 6.07) is 24.4. The average Bonchev–Trinajstić information content (AvgIpc) is 2.74. The molecule has 4 heteroatoms. The van der Waals surface area contributed by atoms with Crippen LogP contribution in [0.15, 0.2) is 82.0 Å². The zero-order valence-corrected chi connectivity index (χ0v) is 15.7. The number of hydrogen-bond donors (Lipinski definition) is 0. The lowest BCUT2D eigenvalue weighted by molar-refractivity contribution is 0.250. The lowest BCUT2D eigenvalue weighted by Gasteiger charge is -2.36. The molecule has 0 N–H and O–H groups in total. The number of piperazine rings is 1. The maximum Gasteiger partial charge on any atom is 0.338 e. The first-order chi connectivity index (χ1) is 13.8. The highest BCUT2D eigenvalue weighted by Gasteiger charge is 2.20. The fraction of sp³-hybridized carbons (Fsp3) is 0.208. The maximum atomic E-state index is 12.3. The second-order valence-corrected chi connectivity index (χ2v) is 7.36. The summed E-state index contributed by atoms with van der Waals surface area (Å²) in [5.41, 5.74) is 2.72. The molecule has 1 aromatic heterocycles. The zero-order chi connectivity index (χ0) is 18.9. The lowest BCUT2D eigenvalue weighted by Crippen LogP contribution is -2.46. The Morgan fingerprint density at radius 1 is 0.786 bits per heavy atom. The standard InChI is InChI=1S/C24H22N2O2/c27-23-16-22(21-11-10-19-8-4-5-9-20(19)24(21)28-23)26-14-12-25(13-15-26)17-18-6-2-1-3-7-18/h1-11,16H,12-15,17H2. The van der Waals surface area contributed by atoms with Gasteiger partial charge in [0.05, 0.1) is 5.69 Å². The molecule has 0 amide bonds. The summed E-state index contributed by atoms with van der Waals surface area (Å²) in [6.45, 7) is 4.72. The Morgan fingerprint density at radius 2 is 1.54 bits per heavy atom. The van der Waals surface area contributed by atoms with Crippen LogP contribution >= 0.6 is 0 Å². The fourth-order valence-corrected chi connectivity index (χ4v) is 4.12. The molecule has 28 heavy (non-hydrogen) atoms. The number of anilines is 1. The number of benzene rings is 3. The highest BCUT2D eigenvalue weighted by Crippen LogP contribution is 2.31. The van der Waals surface area contributed by atoms with Crippen LogP contribution < -0.4 is 10.5 Å². The first-order valence-electron chi connectivity index (χ1n) is 9.75. The van der Waals surface area contributed by atoms with Crippen LogP contribution in [-0.4, -0.2) is 31.1 Å². The van der Waals surface area contributed by atoms with Crippen LogP contribution in [0, 0.1) is 0 Å². The molecule has 1 aliphatic rings. The van der Waals surface area contributed by atoms with Crippen molar-refractivity contribution < 1.29 is 4.42 Å². The van der Waals surface area contributed by atoms with Gasteiger partial charge in [-0.15, -0.1) is 0 Å². The van der Waals surface area contributed by atoms with E-state index in [0.717, 1.165) is 54.6 Å². The third-order valence-corrected chi connectivity index (χ3v) is 5.57. The van der Waals surface area contributed by atoms with Crippen LogP contribution in [0.1, 0.15) is 5.56 Å². The van der Waals surface area contributed by atoms with Crippen molar-refractivity contribution in [1.82, 2.24) is 4.90 Å². The first kappa shape index (κ1) is 17.0. The van der Waals surface area contributed by atoms with Gasteiger partial charge in [0.25, 0.3) is 0 Å². The lowest BCUT2D eigenvalue weighted by atomic mass is 10.1. The molecule has 3 aromatic carbocycles. The van der Waals surface area contributed by atoms with Crippen molar-refractivity contribution >= 4 is 27.4 Å². The third-order valence-electron chi connectivity index (χ3n) is 5.57. The van der Waals surface area contributed by atoms with Crippen molar-refractivity contribution in [2.75, 3.05) is 31.1 Å². The molecule has 0 unspecified atom stereocenters. The Hall–Kier alpha value is -3.11. The van der Waals surface area contributed by atoms with Crippen LogP contribution in [0.2, 0.25) is 0 Å². The highest BCUT2D eigenvalue weighted by atomic mass is 16.4. The molecule has 0 saturated carbocycles. The Morgan fingerprint density at radius 3 is 2.36 bits per heavy atom. The molecule has 1 fully saturated rings. The molecular weight excluding hydrogens is 348 g/mol. The Balaban J connectivity index is 1.44. The molecule has 1 aliphatic heterocycles. The average molecular weight is 370 g/mol. The van der Waals surface area contributed by atoms with Crippen molar-refractivity contribution in [2.45, 2.75) is 6.54 Å². The van der Waals surface area contributed by atoms with Crippen LogP contribution in [0.5, 0.6) is 0 Å². The monoisotopic (exact) mass is 370 g/mol. The zero-order valence-electron chi connectivity index (χ0n) is 15.7. The van der Waals surface area contributed by atoms with E-state index in [0.29, 0.717) is 5.58 Å². The molecule has 4 nitrogen and oxygen atoms in total. The smallest absolute Gasteiger partial charge is 0.338 e. The van der Waals surface area contributed by atoms with Gasteiger partial charge in [-0.1, -0.05) is 60.7 Å². The SMILES string of the molecule is O=c1cc(N2CCN(Cc3ccccc3)CC2)c2ccc3ccccc3c2o1. The Bertz CT molecular complexity index is 1180. The van der Waals surface area contributed by atoms with Crippen molar-refractivity contribution in [1.29, 1.82) is 0 Å². The Kier molecular flexibility index (Phi) is 4.34. The van der Waals surface area contributed by atoms with Gasteiger partial charge in [-0.05, 0) is 17.0 Å². The van der Waals surface area contributed by atoms with Crippen molar-refractivity contribution in [2.24, 2.45) is 0 Å². The molecule has 0 spiro atoms. The van der Waals surface area contributed by atoms with E-state index in [1.807, 2.05) is 24.3 Å². The molecule has 5 rings (SSSR count). The second-order valence-electron chi connectivity index (χ2n) is 7.36. The topological polar surface area (TPSA) is 36.7 Å². The minimum atomic E-state index is -0.287. The number of nitrogens with zero attached hydrogens (tertiary/aromatic N) is 2. The number of rotatable bonds is 3. The van der Waals surface area contributed by atoms with Gasteiger partial charge in [0.1, 0.15) is 5.58 Å². The van der Waals surface area contributed by atoms with Crippen LogP contribution in [-0.2, 0) is 6.54 Å². The van der Waals surface area contributed by atoms with Crippen molar-refractivity contribution in [3.8, 4) is 0 Å². The van der Waals surface area contributed by atoms with E-state index >= 15 is 0 Å². The van der Waals surface area contributed by atoms with E-state index in [4.69, 9.17) is 4.42 Å². The molecule has 0 aliphatic carbocycles. The van der Waals surface area contributed by atoms with Gasteiger partial charge in [0.15, 0.2) is 0 Å². The van der Waals surface area contributed by atoms with Crippen molar-refractivity contribution in [3.63, 3.8) is 0 Å². The van der Waals surface area contributed by atoms with E-state index in [1.165, 1.54) is 5.56 Å². The maximum absolute atomic E-state index is 12.3.